The number of halogens is 4. The number of thiophene rings is 1. The first-order valence-electron chi connectivity index (χ1n) is 16.4. The van der Waals surface area contributed by atoms with Gasteiger partial charge in [-0.15, -0.1) is 11.3 Å². The molecule has 1 N–H and O–H groups in total. The third kappa shape index (κ3) is 5.80. The standard InChI is InChI=1S/C36H34ClF3N6O4S/c1-15-12-21-20-11-8-16(46(20)34(48)50-36(5,6)7)14-45(21)30-25-22(15)26(37)24(27(39)28(25)42-32(40)43-30)17-9-10-19(38)29-23(17)18(13-41)31(51-29)44-33(47)49-35(2,3)4/h9-10,16,20-21H,1,8,11-12,14H2,2-7H3,(H,44,47)/t16?,20?,21-/m1/s1. The molecule has 3 aliphatic rings. The van der Waals surface area contributed by atoms with Crippen LogP contribution in [0.2, 0.25) is 5.02 Å². The molecule has 2 fully saturated rings. The topological polar surface area (TPSA) is 121 Å². The summed E-state index contributed by atoms with van der Waals surface area (Å²) in [6.07, 6.45) is -0.883. The lowest BCUT2D eigenvalue weighted by Gasteiger charge is -2.47. The molecule has 15 heteroatoms. The lowest BCUT2D eigenvalue weighted by atomic mass is 9.90. The highest BCUT2D eigenvalue weighted by Crippen LogP contribution is 2.52. The van der Waals surface area contributed by atoms with Gasteiger partial charge >= 0.3 is 18.3 Å². The molecule has 2 saturated heterocycles. The van der Waals surface area contributed by atoms with Gasteiger partial charge in [0, 0.05) is 23.1 Å². The van der Waals surface area contributed by atoms with Gasteiger partial charge in [-0.05, 0) is 78.0 Å². The molecule has 2 aromatic heterocycles. The predicted molar refractivity (Wildman–Crippen MR) is 189 cm³/mol. The SMILES string of the molecule is C=C1C[C@@H]2C3CCC(CN2c2nc(F)nc4c(F)c(-c5ccc(F)c6sc(NC(=O)OC(C)(C)C)c(C#N)c56)c(Cl)c1c24)N3C(=O)OC(C)(C)C. The number of rotatable bonds is 2. The molecule has 2 amide bonds. The van der Waals surface area contributed by atoms with E-state index in [1.165, 1.54) is 6.07 Å². The van der Waals surface area contributed by atoms with Gasteiger partial charge in [0.25, 0.3) is 0 Å². The zero-order valence-electron chi connectivity index (χ0n) is 28.7. The van der Waals surface area contributed by atoms with Gasteiger partial charge < -0.3 is 14.4 Å². The van der Waals surface area contributed by atoms with Crippen LogP contribution in [0.3, 0.4) is 0 Å². The molecule has 10 nitrogen and oxygen atoms in total. The van der Waals surface area contributed by atoms with Crippen molar-refractivity contribution in [1.82, 2.24) is 14.9 Å². The number of ether oxygens (including phenoxy) is 2. The average Bonchev–Trinajstić information content (AvgIpc) is 3.51. The number of hydrogen-bond acceptors (Lipinski definition) is 9. The van der Waals surface area contributed by atoms with Crippen LogP contribution in [0.5, 0.6) is 0 Å². The van der Waals surface area contributed by atoms with Crippen LogP contribution in [0, 0.1) is 29.0 Å². The molecule has 7 rings (SSSR count). The van der Waals surface area contributed by atoms with Crippen molar-refractivity contribution < 1.29 is 32.2 Å². The molecule has 2 aromatic carbocycles. The van der Waals surface area contributed by atoms with Crippen LogP contribution >= 0.6 is 22.9 Å². The molecular formula is C36H34ClF3N6O4S. The maximum atomic E-state index is 17.0. The molecule has 266 valence electrons. The quantitative estimate of drug-likeness (QED) is 0.202. The van der Waals surface area contributed by atoms with Gasteiger partial charge in [0.15, 0.2) is 5.82 Å². The summed E-state index contributed by atoms with van der Waals surface area (Å²) in [5.41, 5.74) is -1.54. The normalized spacial score (nSPS) is 19.9. The van der Waals surface area contributed by atoms with Crippen LogP contribution in [-0.4, -0.2) is 62.9 Å². The summed E-state index contributed by atoms with van der Waals surface area (Å²) in [6, 6.07) is 3.38. The largest absolute Gasteiger partial charge is 0.444 e. The van der Waals surface area contributed by atoms with E-state index in [2.05, 4.69) is 21.9 Å². The van der Waals surface area contributed by atoms with Gasteiger partial charge in [-0.2, -0.15) is 19.6 Å². The fourth-order valence-corrected chi connectivity index (χ4v) is 8.97. The van der Waals surface area contributed by atoms with Crippen LogP contribution in [0.15, 0.2) is 18.7 Å². The molecule has 2 unspecified atom stereocenters. The molecule has 0 saturated carbocycles. The Morgan fingerprint density at radius 2 is 1.75 bits per heavy atom. The Hall–Kier alpha value is -4.61. The molecule has 4 aromatic rings. The number of hydrogen-bond donors (Lipinski definition) is 1. The van der Waals surface area contributed by atoms with Crippen molar-refractivity contribution in [3.05, 3.63) is 52.6 Å². The highest BCUT2D eigenvalue weighted by molar-refractivity contribution is 7.23. The first kappa shape index (κ1) is 34.8. The van der Waals surface area contributed by atoms with E-state index in [9.17, 15) is 14.9 Å². The van der Waals surface area contributed by atoms with Crippen molar-refractivity contribution in [2.24, 2.45) is 0 Å². The Kier molecular flexibility index (Phi) is 8.18. The summed E-state index contributed by atoms with van der Waals surface area (Å²) in [5.74, 6) is -1.59. The van der Waals surface area contributed by atoms with Crippen LogP contribution in [-0.2, 0) is 9.47 Å². The van der Waals surface area contributed by atoms with Crippen molar-refractivity contribution >= 4 is 72.5 Å². The molecule has 0 aliphatic carbocycles. The van der Waals surface area contributed by atoms with Crippen molar-refractivity contribution in [2.45, 2.75) is 90.1 Å². The first-order valence-corrected chi connectivity index (χ1v) is 17.6. The van der Waals surface area contributed by atoms with Crippen LogP contribution in [0.1, 0.15) is 71.9 Å². The summed E-state index contributed by atoms with van der Waals surface area (Å²) < 4.78 is 58.9. The minimum Gasteiger partial charge on any atom is -0.444 e. The molecule has 0 radical (unpaired) electrons. The molecular weight excluding hydrogens is 705 g/mol. The maximum absolute atomic E-state index is 17.0. The average molecular weight is 739 g/mol. The highest BCUT2D eigenvalue weighted by Gasteiger charge is 2.51. The van der Waals surface area contributed by atoms with Gasteiger partial charge in [0.2, 0.25) is 0 Å². The van der Waals surface area contributed by atoms with Gasteiger partial charge in [0.1, 0.15) is 39.4 Å². The predicted octanol–water partition coefficient (Wildman–Crippen LogP) is 9.17. The van der Waals surface area contributed by atoms with E-state index in [1.54, 1.807) is 46.4 Å². The van der Waals surface area contributed by atoms with E-state index in [0.29, 0.717) is 18.4 Å². The summed E-state index contributed by atoms with van der Waals surface area (Å²) in [5, 5.41) is 12.8. The molecule has 0 spiro atoms. The number of piperazine rings is 1. The highest BCUT2D eigenvalue weighted by atomic mass is 35.5. The fourth-order valence-electron chi connectivity index (χ4n) is 7.49. The van der Waals surface area contributed by atoms with E-state index in [0.717, 1.165) is 17.4 Å². The number of nitrogens with one attached hydrogen (secondary N) is 1. The molecule has 2 bridgehead atoms. The second-order valence-electron chi connectivity index (χ2n) is 15.0. The van der Waals surface area contributed by atoms with E-state index in [1.807, 2.05) is 11.0 Å². The van der Waals surface area contributed by atoms with Crippen molar-refractivity contribution in [1.29, 1.82) is 5.26 Å². The minimum atomic E-state index is -1.18. The smallest absolute Gasteiger partial charge is 0.412 e. The monoisotopic (exact) mass is 738 g/mol. The Bertz CT molecular complexity index is 2240. The Labute approximate surface area is 300 Å². The summed E-state index contributed by atoms with van der Waals surface area (Å²) >= 11 is 7.93. The van der Waals surface area contributed by atoms with E-state index in [4.69, 9.17) is 21.1 Å². The van der Waals surface area contributed by atoms with Gasteiger partial charge in [-0.1, -0.05) is 24.2 Å². The Morgan fingerprint density at radius 3 is 2.41 bits per heavy atom. The first-order chi connectivity index (χ1) is 23.9. The molecule has 51 heavy (non-hydrogen) atoms. The summed E-state index contributed by atoms with van der Waals surface area (Å²) in [6.45, 7) is 15.0. The number of anilines is 2. The van der Waals surface area contributed by atoms with Crippen LogP contribution in [0.4, 0.5) is 33.6 Å². The third-order valence-corrected chi connectivity index (χ3v) is 10.7. The number of carbonyl (C=O) groups is 2. The molecule has 5 heterocycles. The fraction of sp³-hybridized carbons (Fsp3) is 0.417. The van der Waals surface area contributed by atoms with Gasteiger partial charge in [-0.3, -0.25) is 10.2 Å². The number of carbonyl (C=O) groups excluding carboxylic acids is 2. The lowest BCUT2D eigenvalue weighted by Crippen LogP contribution is -2.62. The number of aromatic nitrogens is 2. The number of amides is 2. The second kappa shape index (κ2) is 12.0. The van der Waals surface area contributed by atoms with Crippen LogP contribution < -0.4 is 10.2 Å². The van der Waals surface area contributed by atoms with Crippen molar-refractivity contribution in [3.8, 4) is 17.2 Å². The number of nitrogens with zero attached hydrogens (tertiary/aromatic N) is 5. The Balaban J connectivity index is 1.41. The summed E-state index contributed by atoms with van der Waals surface area (Å²) in [7, 11) is 0. The molecule has 3 aliphatic heterocycles. The third-order valence-electron chi connectivity index (χ3n) is 9.25. The zero-order chi connectivity index (χ0) is 36.9. The molecule has 3 atom stereocenters. The lowest BCUT2D eigenvalue weighted by molar-refractivity contribution is 0.00775. The number of fused-ring (bicyclic) bond motifs is 6. The Morgan fingerprint density at radius 1 is 1.04 bits per heavy atom. The van der Waals surface area contributed by atoms with Gasteiger partial charge in [-0.25, -0.2) is 18.4 Å². The second-order valence-corrected chi connectivity index (χ2v) is 16.4. The minimum absolute atomic E-state index is 0.00220. The van der Waals surface area contributed by atoms with Crippen molar-refractivity contribution in [2.75, 3.05) is 16.8 Å². The van der Waals surface area contributed by atoms with Crippen LogP contribution in [0.25, 0.3) is 37.7 Å². The van der Waals surface area contributed by atoms with E-state index < -0.39 is 47.1 Å². The maximum Gasteiger partial charge on any atom is 0.412 e. The summed E-state index contributed by atoms with van der Waals surface area (Å²) in [4.78, 5) is 37.8. The number of nitriles is 1. The zero-order valence-corrected chi connectivity index (χ0v) is 30.3. The van der Waals surface area contributed by atoms with E-state index >= 15 is 13.2 Å². The van der Waals surface area contributed by atoms with E-state index in [-0.39, 0.29) is 84.1 Å². The van der Waals surface area contributed by atoms with Gasteiger partial charge in [0.05, 0.1) is 38.8 Å². The number of benzene rings is 2. The van der Waals surface area contributed by atoms with Crippen molar-refractivity contribution in [3.63, 3.8) is 0 Å².